The molecule has 3 rings (SSSR count). The number of thiophene rings is 1. The van der Waals surface area contributed by atoms with E-state index in [1.165, 1.54) is 4.40 Å². The highest BCUT2D eigenvalue weighted by atomic mass is 32.2. The Hall–Kier alpha value is -3.25. The van der Waals surface area contributed by atoms with E-state index in [1.54, 1.807) is 52.1 Å². The summed E-state index contributed by atoms with van der Waals surface area (Å²) in [6.07, 6.45) is 1.55. The lowest BCUT2D eigenvalue weighted by Gasteiger charge is -2.11. The summed E-state index contributed by atoms with van der Waals surface area (Å²) in [4.78, 5) is 58.3. The molecule has 174 valence electrons. The van der Waals surface area contributed by atoms with E-state index >= 15 is 0 Å². The van der Waals surface area contributed by atoms with Gasteiger partial charge in [0.25, 0.3) is 0 Å². The lowest BCUT2D eigenvalue weighted by molar-refractivity contribution is -0.115. The number of ether oxygens (including phenoxy) is 2. The van der Waals surface area contributed by atoms with Crippen molar-refractivity contribution in [2.24, 2.45) is 0 Å². The van der Waals surface area contributed by atoms with Gasteiger partial charge in [-0.05, 0) is 45.4 Å². The fourth-order valence-corrected chi connectivity index (χ4v) is 4.72. The average Bonchev–Trinajstić information content (AvgIpc) is 3.10. The summed E-state index contributed by atoms with van der Waals surface area (Å²) in [5.41, 5.74) is 0.382. The molecule has 0 spiro atoms. The number of esters is 2. The molecular formula is C21H22N4O6S2. The smallest absolute Gasteiger partial charge is 0.355 e. The summed E-state index contributed by atoms with van der Waals surface area (Å²) in [6.45, 7) is 6.86. The average molecular weight is 491 g/mol. The van der Waals surface area contributed by atoms with Crippen molar-refractivity contribution < 1.29 is 23.9 Å². The Morgan fingerprint density at radius 2 is 1.85 bits per heavy atom. The molecule has 1 N–H and O–H groups in total. The fraction of sp³-hybridized carbons (Fsp3) is 0.333. The maximum absolute atomic E-state index is 12.9. The van der Waals surface area contributed by atoms with E-state index in [0.717, 1.165) is 23.1 Å². The van der Waals surface area contributed by atoms with Gasteiger partial charge < -0.3 is 14.8 Å². The van der Waals surface area contributed by atoms with E-state index in [1.807, 2.05) is 0 Å². The van der Waals surface area contributed by atoms with Crippen molar-refractivity contribution in [3.8, 4) is 0 Å². The molecule has 3 aromatic rings. The third kappa shape index (κ3) is 5.40. The van der Waals surface area contributed by atoms with Gasteiger partial charge in [-0.1, -0.05) is 17.8 Å². The molecule has 0 aliphatic heterocycles. The van der Waals surface area contributed by atoms with Gasteiger partial charge in [0.05, 0.1) is 24.0 Å². The molecule has 3 heterocycles. The zero-order chi connectivity index (χ0) is 24.1. The van der Waals surface area contributed by atoms with Crippen LogP contribution in [-0.2, 0) is 14.3 Å². The topological polar surface area (TPSA) is 129 Å². The lowest BCUT2D eigenvalue weighted by Crippen LogP contribution is -2.25. The number of aromatic nitrogens is 3. The van der Waals surface area contributed by atoms with E-state index in [9.17, 15) is 19.2 Å². The van der Waals surface area contributed by atoms with Crippen molar-refractivity contribution in [2.75, 3.05) is 18.5 Å². The number of nitrogens with one attached hydrogen (secondary N) is 1. The van der Waals surface area contributed by atoms with Crippen LogP contribution >= 0.6 is 23.1 Å². The number of carbonyl (C=O) groups is 3. The molecule has 3 aromatic heterocycles. The van der Waals surface area contributed by atoms with Gasteiger partial charge in [-0.15, -0.1) is 11.3 Å². The molecule has 1 unspecified atom stereocenters. The highest BCUT2D eigenvalue weighted by molar-refractivity contribution is 8.00. The van der Waals surface area contributed by atoms with Crippen LogP contribution in [0.15, 0.2) is 34.3 Å². The Labute approximate surface area is 197 Å². The number of amides is 1. The Bertz CT molecular complexity index is 1270. The number of hydrogen-bond donors (Lipinski definition) is 1. The van der Waals surface area contributed by atoms with Gasteiger partial charge in [0.1, 0.15) is 15.5 Å². The van der Waals surface area contributed by atoms with Crippen LogP contribution in [0.1, 0.15) is 46.4 Å². The second-order valence-electron chi connectivity index (χ2n) is 6.67. The number of thioether (sulfide) groups is 1. The number of fused-ring (bicyclic) bond motifs is 1. The molecule has 12 heteroatoms. The van der Waals surface area contributed by atoms with E-state index in [0.29, 0.717) is 11.2 Å². The predicted octanol–water partition coefficient (Wildman–Crippen LogP) is 2.93. The summed E-state index contributed by atoms with van der Waals surface area (Å²) < 4.78 is 11.4. The van der Waals surface area contributed by atoms with Gasteiger partial charge >= 0.3 is 17.6 Å². The quantitative estimate of drug-likeness (QED) is 0.374. The maximum Gasteiger partial charge on any atom is 0.355 e. The van der Waals surface area contributed by atoms with Crippen LogP contribution < -0.4 is 11.0 Å². The normalized spacial score (nSPS) is 11.8. The minimum atomic E-state index is -0.709. The van der Waals surface area contributed by atoms with Gasteiger partial charge in [0.15, 0.2) is 5.16 Å². The molecule has 0 saturated heterocycles. The Kier molecular flexibility index (Phi) is 7.82. The van der Waals surface area contributed by atoms with Crippen molar-refractivity contribution in [1.82, 2.24) is 14.4 Å². The number of carbonyl (C=O) groups excluding carboxylic acids is 3. The summed E-state index contributed by atoms with van der Waals surface area (Å²) in [6, 6.07) is 5.09. The zero-order valence-corrected chi connectivity index (χ0v) is 20.0. The Balaban J connectivity index is 1.85. The largest absolute Gasteiger partial charge is 0.462 e. The first-order valence-electron chi connectivity index (χ1n) is 10.1. The standard InChI is InChI=1S/C21H22N4O6S2/c1-5-30-18(27)14-11(3)15(19(28)31-6-2)33-17(14)23-16(26)12(4)32-20-22-13-9-7-8-10-25(13)21(29)24-20/h7-10,12H,5-6H2,1-4H3,(H,23,26). The van der Waals surface area contributed by atoms with Crippen molar-refractivity contribution in [3.63, 3.8) is 0 Å². The highest BCUT2D eigenvalue weighted by Crippen LogP contribution is 2.35. The molecule has 0 fully saturated rings. The molecule has 1 amide bonds. The summed E-state index contributed by atoms with van der Waals surface area (Å²) in [7, 11) is 0. The molecule has 0 saturated carbocycles. The van der Waals surface area contributed by atoms with E-state index in [4.69, 9.17) is 9.47 Å². The highest BCUT2D eigenvalue weighted by Gasteiger charge is 2.28. The SMILES string of the molecule is CCOC(=O)c1sc(NC(=O)C(C)Sc2nc(=O)n3ccccc3n2)c(C(=O)OCC)c1C. The summed E-state index contributed by atoms with van der Waals surface area (Å²) in [5.74, 6) is -1.69. The molecule has 10 nitrogen and oxygen atoms in total. The van der Waals surface area contributed by atoms with Gasteiger partial charge in [-0.2, -0.15) is 4.98 Å². The van der Waals surface area contributed by atoms with Crippen molar-refractivity contribution in [1.29, 1.82) is 0 Å². The first kappa shape index (κ1) is 24.4. The molecule has 0 aliphatic carbocycles. The molecule has 0 aliphatic rings. The van der Waals surface area contributed by atoms with Crippen LogP contribution in [0, 0.1) is 6.92 Å². The molecule has 0 aromatic carbocycles. The summed E-state index contributed by atoms with van der Waals surface area (Å²) in [5, 5.41) is 2.32. The van der Waals surface area contributed by atoms with Crippen molar-refractivity contribution >= 4 is 51.6 Å². The number of rotatable bonds is 8. The maximum atomic E-state index is 12.9. The lowest BCUT2D eigenvalue weighted by atomic mass is 10.1. The molecule has 33 heavy (non-hydrogen) atoms. The second kappa shape index (κ2) is 10.6. The number of hydrogen-bond acceptors (Lipinski definition) is 10. The van der Waals surface area contributed by atoms with Crippen LogP contribution in [0.25, 0.3) is 5.65 Å². The second-order valence-corrected chi connectivity index (χ2v) is 9.00. The van der Waals surface area contributed by atoms with Gasteiger partial charge in [0.2, 0.25) is 5.91 Å². The van der Waals surface area contributed by atoms with Gasteiger partial charge in [0, 0.05) is 6.20 Å². The van der Waals surface area contributed by atoms with E-state index in [-0.39, 0.29) is 33.8 Å². The van der Waals surface area contributed by atoms with E-state index in [2.05, 4.69) is 15.3 Å². The zero-order valence-electron chi connectivity index (χ0n) is 18.4. The number of nitrogens with zero attached hydrogens (tertiary/aromatic N) is 3. The van der Waals surface area contributed by atoms with E-state index < -0.39 is 28.8 Å². The van der Waals surface area contributed by atoms with Crippen molar-refractivity contribution in [3.05, 3.63) is 50.9 Å². The van der Waals surface area contributed by atoms with Crippen molar-refractivity contribution in [2.45, 2.75) is 38.1 Å². The minimum absolute atomic E-state index is 0.107. The Morgan fingerprint density at radius 3 is 2.55 bits per heavy atom. The monoisotopic (exact) mass is 490 g/mol. The van der Waals surface area contributed by atoms with Crippen LogP contribution in [0.5, 0.6) is 0 Å². The number of anilines is 1. The first-order chi connectivity index (χ1) is 15.8. The van der Waals surface area contributed by atoms with Crippen LogP contribution in [0.4, 0.5) is 5.00 Å². The predicted molar refractivity (Wildman–Crippen MR) is 124 cm³/mol. The number of pyridine rings is 1. The van der Waals surface area contributed by atoms with Crippen LogP contribution in [0.2, 0.25) is 0 Å². The molecular weight excluding hydrogens is 468 g/mol. The van der Waals surface area contributed by atoms with Gasteiger partial charge in [-0.25, -0.2) is 19.4 Å². The molecule has 0 radical (unpaired) electrons. The molecule has 0 bridgehead atoms. The molecule has 1 atom stereocenters. The third-order valence-electron chi connectivity index (χ3n) is 4.42. The first-order valence-corrected chi connectivity index (χ1v) is 11.8. The third-order valence-corrected chi connectivity index (χ3v) is 6.57. The van der Waals surface area contributed by atoms with Crippen LogP contribution in [0.3, 0.4) is 0 Å². The summed E-state index contributed by atoms with van der Waals surface area (Å²) >= 11 is 1.94. The fourth-order valence-electron chi connectivity index (χ4n) is 2.87. The minimum Gasteiger partial charge on any atom is -0.462 e. The van der Waals surface area contributed by atoms with Gasteiger partial charge in [-0.3, -0.25) is 9.20 Å². The Morgan fingerprint density at radius 1 is 1.15 bits per heavy atom. The van der Waals surface area contributed by atoms with Crippen LogP contribution in [-0.4, -0.2) is 50.7 Å².